The predicted octanol–water partition coefficient (Wildman–Crippen LogP) is 0.922. The second kappa shape index (κ2) is 8.87. The van der Waals surface area contributed by atoms with E-state index in [1.54, 1.807) is 30.3 Å². The highest BCUT2D eigenvalue weighted by atomic mass is 16.2. The summed E-state index contributed by atoms with van der Waals surface area (Å²) in [7, 11) is 0. The number of quaternary nitrogens is 1. The van der Waals surface area contributed by atoms with Crippen LogP contribution in [0.4, 0.5) is 0 Å². The molecule has 1 aromatic rings. The van der Waals surface area contributed by atoms with Crippen molar-refractivity contribution in [3.8, 4) is 0 Å². The molecule has 7 nitrogen and oxygen atoms in total. The summed E-state index contributed by atoms with van der Waals surface area (Å²) in [5, 5.41) is 0. The van der Waals surface area contributed by atoms with Gasteiger partial charge in [-0.25, -0.2) is 0 Å². The summed E-state index contributed by atoms with van der Waals surface area (Å²) < 4.78 is -0.0960. The largest absolute Gasteiger partial charge is 0.330 e. The molecule has 0 aliphatic carbocycles. The van der Waals surface area contributed by atoms with E-state index in [0.717, 1.165) is 25.7 Å². The van der Waals surface area contributed by atoms with Crippen molar-refractivity contribution in [1.29, 1.82) is 0 Å². The monoisotopic (exact) mass is 346 g/mol. The van der Waals surface area contributed by atoms with E-state index in [2.05, 4.69) is 0 Å². The maximum Gasteiger partial charge on any atom is 0.261 e. The number of carbonyl (C=O) groups excluding carboxylic acids is 2. The van der Waals surface area contributed by atoms with E-state index in [9.17, 15) is 9.59 Å². The third kappa shape index (κ3) is 5.20. The summed E-state index contributed by atoms with van der Waals surface area (Å²) in [4.78, 5) is 25.7. The summed E-state index contributed by atoms with van der Waals surface area (Å²) in [5.74, 6) is 11.6. The zero-order chi connectivity index (χ0) is 18.3. The van der Waals surface area contributed by atoms with Crippen LogP contribution in [0.2, 0.25) is 0 Å². The maximum atomic E-state index is 12.2. The van der Waals surface area contributed by atoms with E-state index in [0.29, 0.717) is 30.8 Å². The van der Waals surface area contributed by atoms with Crippen LogP contribution in [0.3, 0.4) is 0 Å². The molecule has 25 heavy (non-hydrogen) atoms. The molecule has 1 aliphatic rings. The Morgan fingerprint density at radius 2 is 1.52 bits per heavy atom. The third-order valence-electron chi connectivity index (χ3n) is 4.31. The Morgan fingerprint density at radius 1 is 0.920 bits per heavy atom. The first-order valence-electron chi connectivity index (χ1n) is 8.71. The highest BCUT2D eigenvalue weighted by Crippen LogP contribution is 2.21. The molecule has 6 N–H and O–H groups in total. The molecule has 136 valence electrons. The molecule has 0 bridgehead atoms. The Bertz CT molecular complexity index is 607. The summed E-state index contributed by atoms with van der Waals surface area (Å²) >= 11 is 0. The van der Waals surface area contributed by atoms with Crippen LogP contribution in [0.1, 0.15) is 46.4 Å². The number of carbonyl (C=O) groups is 2. The molecule has 0 saturated carbocycles. The fourth-order valence-electron chi connectivity index (χ4n) is 2.85. The minimum atomic E-state index is -0.258. The smallest absolute Gasteiger partial charge is 0.261 e. The van der Waals surface area contributed by atoms with Crippen molar-refractivity contribution >= 4 is 11.8 Å². The molecule has 0 atom stereocenters. The van der Waals surface area contributed by atoms with Crippen molar-refractivity contribution in [2.45, 2.75) is 25.7 Å². The van der Waals surface area contributed by atoms with Gasteiger partial charge in [0.15, 0.2) is 0 Å². The highest BCUT2D eigenvalue weighted by molar-refractivity contribution is 6.21. The molecule has 7 heteroatoms. The van der Waals surface area contributed by atoms with Gasteiger partial charge in [-0.3, -0.25) is 14.5 Å². The fourth-order valence-corrected chi connectivity index (χ4v) is 2.85. The van der Waals surface area contributed by atoms with Crippen LogP contribution in [0.5, 0.6) is 0 Å². The molecule has 0 radical (unpaired) electrons. The zero-order valence-corrected chi connectivity index (χ0v) is 14.6. The second-order valence-corrected chi connectivity index (χ2v) is 6.45. The molecule has 0 spiro atoms. The molecule has 2 amide bonds. The van der Waals surface area contributed by atoms with E-state index in [-0.39, 0.29) is 23.1 Å². The topological polar surface area (TPSA) is 115 Å². The third-order valence-corrected chi connectivity index (χ3v) is 4.31. The highest BCUT2D eigenvalue weighted by Gasteiger charge is 2.34. The van der Waals surface area contributed by atoms with Gasteiger partial charge in [-0.15, -0.1) is 0 Å². The molecule has 0 fully saturated rings. The SMILES string of the molecule is NCCCCCC[N+](N)(N)CC=CCN1C(=O)c2ccccc2C1=O. The first-order chi connectivity index (χ1) is 12.0. The number of unbranched alkanes of at least 4 members (excludes halogenated alkanes) is 3. The number of nitrogens with two attached hydrogens (primary N) is 3. The van der Waals surface area contributed by atoms with Crippen LogP contribution in [0.25, 0.3) is 0 Å². The van der Waals surface area contributed by atoms with Crippen LogP contribution in [0.15, 0.2) is 36.4 Å². The van der Waals surface area contributed by atoms with Crippen molar-refractivity contribution < 1.29 is 14.3 Å². The quantitative estimate of drug-likeness (QED) is 0.145. The van der Waals surface area contributed by atoms with Gasteiger partial charge in [-0.05, 0) is 37.6 Å². The molecular weight excluding hydrogens is 318 g/mol. The molecule has 1 aromatic carbocycles. The number of rotatable bonds is 10. The number of hydrogen-bond donors (Lipinski definition) is 3. The van der Waals surface area contributed by atoms with Gasteiger partial charge in [0.05, 0.1) is 11.1 Å². The van der Waals surface area contributed by atoms with Gasteiger partial charge in [0.1, 0.15) is 13.1 Å². The van der Waals surface area contributed by atoms with Gasteiger partial charge in [0.2, 0.25) is 0 Å². The Hall–Kier alpha value is -2.06. The zero-order valence-electron chi connectivity index (χ0n) is 14.6. The van der Waals surface area contributed by atoms with Crippen LogP contribution in [-0.2, 0) is 0 Å². The summed E-state index contributed by atoms with van der Waals surface area (Å²) in [6, 6.07) is 6.86. The number of hydrogen-bond acceptors (Lipinski definition) is 5. The van der Waals surface area contributed by atoms with Crippen molar-refractivity contribution in [3.05, 3.63) is 47.5 Å². The van der Waals surface area contributed by atoms with Crippen LogP contribution < -0.4 is 17.4 Å². The predicted molar refractivity (Wildman–Crippen MR) is 96.8 cm³/mol. The van der Waals surface area contributed by atoms with E-state index in [1.165, 1.54) is 4.90 Å². The first kappa shape index (κ1) is 19.3. The maximum absolute atomic E-state index is 12.2. The van der Waals surface area contributed by atoms with Crippen LogP contribution >= 0.6 is 0 Å². The lowest BCUT2D eigenvalue weighted by molar-refractivity contribution is -0.946. The average molecular weight is 346 g/mol. The number of nitrogens with zero attached hydrogens (tertiary/aromatic N) is 2. The van der Waals surface area contributed by atoms with E-state index in [4.69, 9.17) is 17.4 Å². The van der Waals surface area contributed by atoms with Crippen molar-refractivity contribution in [2.75, 3.05) is 26.2 Å². The molecule has 1 aliphatic heterocycles. The first-order valence-corrected chi connectivity index (χ1v) is 8.71. The van der Waals surface area contributed by atoms with Gasteiger partial charge in [-0.1, -0.05) is 24.6 Å². The summed E-state index contributed by atoms with van der Waals surface area (Å²) in [5.41, 5.74) is 6.38. The number of fused-ring (bicyclic) bond motifs is 1. The summed E-state index contributed by atoms with van der Waals surface area (Å²) in [6.07, 6.45) is 7.71. The lowest BCUT2D eigenvalue weighted by atomic mass is 10.1. The Kier molecular flexibility index (Phi) is 6.83. The number of benzene rings is 1. The van der Waals surface area contributed by atoms with Gasteiger partial charge in [0, 0.05) is 13.0 Å². The molecule has 1 heterocycles. The van der Waals surface area contributed by atoms with Gasteiger partial charge >= 0.3 is 0 Å². The minimum Gasteiger partial charge on any atom is -0.330 e. The fraction of sp³-hybridized carbons (Fsp3) is 0.444. The molecule has 0 unspecified atom stereocenters. The average Bonchev–Trinajstić information content (AvgIpc) is 2.83. The van der Waals surface area contributed by atoms with E-state index < -0.39 is 0 Å². The lowest BCUT2D eigenvalue weighted by Gasteiger charge is -2.25. The molecule has 0 saturated heterocycles. The van der Waals surface area contributed by atoms with E-state index >= 15 is 0 Å². The van der Waals surface area contributed by atoms with Crippen LogP contribution in [0, 0.1) is 0 Å². The lowest BCUT2D eigenvalue weighted by Crippen LogP contribution is -2.60. The Balaban J connectivity index is 1.78. The second-order valence-electron chi connectivity index (χ2n) is 6.45. The van der Waals surface area contributed by atoms with Gasteiger partial charge in [-0.2, -0.15) is 16.4 Å². The Labute approximate surface area is 148 Å². The Morgan fingerprint density at radius 3 is 2.12 bits per heavy atom. The van der Waals surface area contributed by atoms with Crippen molar-refractivity contribution in [2.24, 2.45) is 17.4 Å². The van der Waals surface area contributed by atoms with Gasteiger partial charge < -0.3 is 5.73 Å². The van der Waals surface area contributed by atoms with Crippen molar-refractivity contribution in [1.82, 2.24) is 4.90 Å². The minimum absolute atomic E-state index is 0.0960. The molecular formula is C18H28N5O2+. The van der Waals surface area contributed by atoms with Gasteiger partial charge in [0.25, 0.3) is 11.8 Å². The molecule has 0 aromatic heterocycles. The van der Waals surface area contributed by atoms with Crippen molar-refractivity contribution in [3.63, 3.8) is 0 Å². The van der Waals surface area contributed by atoms with Crippen LogP contribution in [-0.4, -0.2) is 47.6 Å². The van der Waals surface area contributed by atoms with E-state index in [1.807, 2.05) is 6.08 Å². The number of amides is 2. The molecule has 2 rings (SSSR count). The summed E-state index contributed by atoms with van der Waals surface area (Å²) in [6.45, 7) is 2.05. The normalized spacial score (nSPS) is 14.6. The standard InChI is InChI=1S/C18H28N5O2/c19-11-5-1-2-7-13-23(20,21)14-8-6-12-22-17(24)15-9-3-4-10-16(15)18(22)25/h3-4,6,8-10H,1-2,5,7,11-14,19-21H2/q+1. The number of imide groups is 1.